The van der Waals surface area contributed by atoms with Gasteiger partial charge in [-0.2, -0.15) is 0 Å². The van der Waals surface area contributed by atoms with Crippen LogP contribution in [0, 0.1) is 0 Å². The fourth-order valence-electron chi connectivity index (χ4n) is 1.65. The molecule has 0 aliphatic carbocycles. The van der Waals surface area contributed by atoms with Crippen molar-refractivity contribution in [3.05, 3.63) is 29.8 Å². The summed E-state index contributed by atoms with van der Waals surface area (Å²) in [4.78, 5) is 1.25. The normalized spacial score (nSPS) is 13.5. The second-order valence-corrected chi connectivity index (χ2v) is 6.80. The Morgan fingerprint density at radius 1 is 1.21 bits per heavy atom. The molecule has 0 fully saturated rings. The highest BCUT2D eigenvalue weighted by Crippen LogP contribution is 2.24. The van der Waals surface area contributed by atoms with Crippen LogP contribution in [0.2, 0.25) is 0 Å². The van der Waals surface area contributed by atoms with E-state index in [1.54, 1.807) is 11.9 Å². The summed E-state index contributed by atoms with van der Waals surface area (Å²) in [6.07, 6.45) is 0. The standard InChI is InChI=1S/C15H27N3S/c1-12(11-17-10-9-16)18-19-14-7-5-13(6-8-14)15(2,3)4/h5-8,12,17-18H,9-11,16H2,1-4H3. The van der Waals surface area contributed by atoms with Gasteiger partial charge in [0.05, 0.1) is 0 Å². The number of benzene rings is 1. The number of rotatable bonds is 7. The van der Waals surface area contributed by atoms with Gasteiger partial charge in [0.15, 0.2) is 0 Å². The second-order valence-electron chi connectivity index (χ2n) is 5.89. The summed E-state index contributed by atoms with van der Waals surface area (Å²) in [7, 11) is 0. The summed E-state index contributed by atoms with van der Waals surface area (Å²) < 4.78 is 3.43. The molecule has 4 heteroatoms. The molecule has 0 saturated carbocycles. The first-order chi connectivity index (χ1) is 8.93. The third kappa shape index (κ3) is 6.43. The largest absolute Gasteiger partial charge is 0.329 e. The molecule has 1 unspecified atom stereocenters. The van der Waals surface area contributed by atoms with Gasteiger partial charge in [0, 0.05) is 30.6 Å². The Balaban J connectivity index is 2.37. The molecule has 1 rings (SSSR count). The Kier molecular flexibility index (Phi) is 6.86. The minimum Gasteiger partial charge on any atom is -0.329 e. The fourth-order valence-corrected chi connectivity index (χ4v) is 2.35. The van der Waals surface area contributed by atoms with Gasteiger partial charge >= 0.3 is 0 Å². The van der Waals surface area contributed by atoms with E-state index < -0.39 is 0 Å². The molecule has 0 radical (unpaired) electrons. The minimum absolute atomic E-state index is 0.218. The molecule has 0 aromatic heterocycles. The molecule has 0 amide bonds. The summed E-state index contributed by atoms with van der Waals surface area (Å²) >= 11 is 1.68. The predicted octanol–water partition coefficient (Wildman–Crippen LogP) is 2.52. The van der Waals surface area contributed by atoms with Crippen molar-refractivity contribution in [1.29, 1.82) is 0 Å². The van der Waals surface area contributed by atoms with E-state index in [1.165, 1.54) is 10.5 Å². The molecule has 19 heavy (non-hydrogen) atoms. The molecule has 0 aliphatic heterocycles. The van der Waals surface area contributed by atoms with Crippen LogP contribution < -0.4 is 15.8 Å². The fraction of sp³-hybridized carbons (Fsp3) is 0.600. The van der Waals surface area contributed by atoms with Crippen LogP contribution in [0.1, 0.15) is 33.3 Å². The maximum atomic E-state index is 5.44. The van der Waals surface area contributed by atoms with Crippen molar-refractivity contribution in [1.82, 2.24) is 10.0 Å². The molecule has 0 aliphatic rings. The van der Waals surface area contributed by atoms with E-state index in [1.807, 2.05) is 0 Å². The molecule has 108 valence electrons. The van der Waals surface area contributed by atoms with Gasteiger partial charge in [0.1, 0.15) is 0 Å². The Hall–Kier alpha value is -0.550. The van der Waals surface area contributed by atoms with Crippen molar-refractivity contribution < 1.29 is 0 Å². The first-order valence-electron chi connectivity index (χ1n) is 6.87. The first kappa shape index (κ1) is 16.5. The van der Waals surface area contributed by atoms with Crippen LogP contribution in [0.4, 0.5) is 0 Å². The van der Waals surface area contributed by atoms with Gasteiger partial charge in [-0.1, -0.05) is 32.9 Å². The Bertz CT molecular complexity index is 357. The lowest BCUT2D eigenvalue weighted by Gasteiger charge is -2.19. The highest BCUT2D eigenvalue weighted by atomic mass is 32.2. The maximum Gasteiger partial charge on any atom is 0.0271 e. The third-order valence-electron chi connectivity index (χ3n) is 2.87. The van der Waals surface area contributed by atoms with Gasteiger partial charge in [0.25, 0.3) is 0 Å². The van der Waals surface area contributed by atoms with Crippen molar-refractivity contribution >= 4 is 11.9 Å². The van der Waals surface area contributed by atoms with E-state index in [4.69, 9.17) is 5.73 Å². The molecule has 1 atom stereocenters. The van der Waals surface area contributed by atoms with Gasteiger partial charge in [-0.05, 0) is 42.0 Å². The Morgan fingerprint density at radius 3 is 2.37 bits per heavy atom. The van der Waals surface area contributed by atoms with E-state index in [0.29, 0.717) is 12.6 Å². The summed E-state index contributed by atoms with van der Waals surface area (Å²) in [6.45, 7) is 11.4. The number of hydrogen-bond donors (Lipinski definition) is 3. The van der Waals surface area contributed by atoms with Crippen molar-refractivity contribution in [2.75, 3.05) is 19.6 Å². The third-order valence-corrected chi connectivity index (χ3v) is 3.90. The van der Waals surface area contributed by atoms with Crippen LogP contribution in [0.25, 0.3) is 0 Å². The lowest BCUT2D eigenvalue weighted by molar-refractivity contribution is 0.588. The molecule has 4 N–H and O–H groups in total. The number of hydrogen-bond acceptors (Lipinski definition) is 4. The minimum atomic E-state index is 0.218. The van der Waals surface area contributed by atoms with Gasteiger partial charge in [-0.3, -0.25) is 4.72 Å². The molecule has 0 spiro atoms. The Labute approximate surface area is 121 Å². The lowest BCUT2D eigenvalue weighted by Crippen LogP contribution is -2.35. The molecular weight excluding hydrogens is 254 g/mol. The summed E-state index contributed by atoms with van der Waals surface area (Å²) in [5, 5.41) is 3.30. The molecule has 0 heterocycles. The lowest BCUT2D eigenvalue weighted by atomic mass is 9.87. The van der Waals surface area contributed by atoms with E-state index in [9.17, 15) is 0 Å². The first-order valence-corrected chi connectivity index (χ1v) is 7.69. The van der Waals surface area contributed by atoms with Crippen LogP contribution in [0.15, 0.2) is 29.2 Å². The smallest absolute Gasteiger partial charge is 0.0271 e. The zero-order valence-corrected chi connectivity index (χ0v) is 13.3. The van der Waals surface area contributed by atoms with Crippen LogP contribution in [0.5, 0.6) is 0 Å². The van der Waals surface area contributed by atoms with Crippen LogP contribution in [0.3, 0.4) is 0 Å². The van der Waals surface area contributed by atoms with Crippen LogP contribution in [-0.2, 0) is 5.41 Å². The average molecular weight is 281 g/mol. The van der Waals surface area contributed by atoms with Gasteiger partial charge in [0.2, 0.25) is 0 Å². The summed E-state index contributed by atoms with van der Waals surface area (Å²) in [6, 6.07) is 9.19. The molecular formula is C15H27N3S. The molecule has 1 aromatic carbocycles. The van der Waals surface area contributed by atoms with Crippen molar-refractivity contribution in [3.8, 4) is 0 Å². The van der Waals surface area contributed by atoms with E-state index in [0.717, 1.165) is 13.1 Å². The summed E-state index contributed by atoms with van der Waals surface area (Å²) in [5.74, 6) is 0. The van der Waals surface area contributed by atoms with Crippen LogP contribution >= 0.6 is 11.9 Å². The quantitative estimate of drug-likeness (QED) is 0.531. The highest BCUT2D eigenvalue weighted by molar-refractivity contribution is 7.97. The Morgan fingerprint density at radius 2 is 1.84 bits per heavy atom. The number of nitrogens with two attached hydrogens (primary N) is 1. The highest BCUT2D eigenvalue weighted by Gasteiger charge is 2.12. The monoisotopic (exact) mass is 281 g/mol. The number of nitrogens with one attached hydrogen (secondary N) is 2. The average Bonchev–Trinajstić information content (AvgIpc) is 2.36. The van der Waals surface area contributed by atoms with Crippen molar-refractivity contribution in [3.63, 3.8) is 0 Å². The summed E-state index contributed by atoms with van der Waals surface area (Å²) in [5.41, 5.74) is 7.03. The topological polar surface area (TPSA) is 50.1 Å². The molecule has 0 bridgehead atoms. The second kappa shape index (κ2) is 7.90. The van der Waals surface area contributed by atoms with E-state index >= 15 is 0 Å². The van der Waals surface area contributed by atoms with E-state index in [-0.39, 0.29) is 5.41 Å². The molecule has 0 saturated heterocycles. The zero-order valence-electron chi connectivity index (χ0n) is 12.5. The SMILES string of the molecule is CC(CNCCN)NSc1ccc(C(C)(C)C)cc1. The maximum absolute atomic E-state index is 5.44. The van der Waals surface area contributed by atoms with Crippen molar-refractivity contribution in [2.45, 2.75) is 44.0 Å². The molecule has 1 aromatic rings. The van der Waals surface area contributed by atoms with Gasteiger partial charge in [-0.15, -0.1) is 0 Å². The van der Waals surface area contributed by atoms with E-state index in [2.05, 4.69) is 62.0 Å². The molecule has 3 nitrogen and oxygen atoms in total. The van der Waals surface area contributed by atoms with Crippen LogP contribution in [-0.4, -0.2) is 25.7 Å². The van der Waals surface area contributed by atoms with Gasteiger partial charge < -0.3 is 11.1 Å². The van der Waals surface area contributed by atoms with Gasteiger partial charge in [-0.25, -0.2) is 0 Å². The van der Waals surface area contributed by atoms with Crippen molar-refractivity contribution in [2.24, 2.45) is 5.73 Å². The predicted molar refractivity (Wildman–Crippen MR) is 85.5 cm³/mol. The zero-order chi connectivity index (χ0) is 14.3.